The Labute approximate surface area is 61.5 Å². The lowest BCUT2D eigenvalue weighted by Crippen LogP contribution is -2.42. The van der Waals surface area contributed by atoms with Gasteiger partial charge in [-0.3, -0.25) is 4.79 Å². The van der Waals surface area contributed by atoms with Crippen LogP contribution in [0, 0.1) is 0 Å². The zero-order valence-electron chi connectivity index (χ0n) is 6.55. The van der Waals surface area contributed by atoms with E-state index < -0.39 is 0 Å². The van der Waals surface area contributed by atoms with E-state index in [-0.39, 0.29) is 5.91 Å². The van der Waals surface area contributed by atoms with Gasteiger partial charge in [-0.05, 0) is 20.3 Å². The molecule has 0 radical (unpaired) electrons. The van der Waals surface area contributed by atoms with Gasteiger partial charge in [0, 0.05) is 18.7 Å². The lowest BCUT2D eigenvalue weighted by molar-refractivity contribution is -0.130. The van der Waals surface area contributed by atoms with Crippen LogP contribution in [0.3, 0.4) is 0 Å². The molecule has 56 valence electrons. The predicted octanol–water partition coefficient (Wildman–Crippen LogP) is 1.18. The molecule has 0 aromatic carbocycles. The van der Waals surface area contributed by atoms with E-state index in [1.165, 1.54) is 6.42 Å². The van der Waals surface area contributed by atoms with Crippen molar-refractivity contribution in [3.63, 3.8) is 0 Å². The van der Waals surface area contributed by atoms with Crippen molar-refractivity contribution < 1.29 is 4.79 Å². The molecule has 0 atom stereocenters. The first-order chi connectivity index (χ1) is 4.75. The van der Waals surface area contributed by atoms with E-state index in [9.17, 15) is 4.79 Å². The maximum atomic E-state index is 11.2. The van der Waals surface area contributed by atoms with Crippen molar-refractivity contribution in [2.45, 2.75) is 20.3 Å². The van der Waals surface area contributed by atoms with Gasteiger partial charge in [-0.2, -0.15) is 0 Å². The van der Waals surface area contributed by atoms with Crippen molar-refractivity contribution >= 4 is 5.91 Å². The van der Waals surface area contributed by atoms with Crippen molar-refractivity contribution in [2.75, 3.05) is 13.1 Å². The van der Waals surface area contributed by atoms with Gasteiger partial charge in [-0.15, -0.1) is 0 Å². The molecule has 1 aliphatic heterocycles. The van der Waals surface area contributed by atoms with E-state index in [1.807, 2.05) is 24.8 Å². The van der Waals surface area contributed by atoms with Gasteiger partial charge in [-0.1, -0.05) is 6.08 Å². The molecule has 1 aliphatic rings. The third kappa shape index (κ3) is 1.20. The Balaban J connectivity index is 2.48. The zero-order valence-corrected chi connectivity index (χ0v) is 6.55. The summed E-state index contributed by atoms with van der Waals surface area (Å²) in [4.78, 5) is 13.1. The lowest BCUT2D eigenvalue weighted by atomic mass is 10.1. The quantitative estimate of drug-likeness (QED) is 0.500. The van der Waals surface area contributed by atoms with Crippen LogP contribution in [0.25, 0.3) is 0 Å². The van der Waals surface area contributed by atoms with Crippen LogP contribution in [0.15, 0.2) is 11.6 Å². The van der Waals surface area contributed by atoms with Crippen LogP contribution >= 0.6 is 0 Å². The second-order valence-electron chi connectivity index (χ2n) is 2.62. The molecule has 2 nitrogen and oxygen atoms in total. The zero-order chi connectivity index (χ0) is 7.56. The monoisotopic (exact) mass is 139 g/mol. The van der Waals surface area contributed by atoms with Crippen LogP contribution in [0.4, 0.5) is 0 Å². The number of likely N-dealkylation sites (tertiary alicyclic amines) is 1. The fourth-order valence-electron chi connectivity index (χ4n) is 0.892. The Bertz CT molecular complexity index is 168. The number of amides is 1. The number of rotatable bonds is 1. The molecule has 10 heavy (non-hydrogen) atoms. The number of allylic oxidation sites excluding steroid dienone is 1. The number of hydrogen-bond donors (Lipinski definition) is 0. The molecule has 0 aromatic rings. The Morgan fingerprint density at radius 2 is 2.10 bits per heavy atom. The van der Waals surface area contributed by atoms with Crippen molar-refractivity contribution in [2.24, 2.45) is 0 Å². The van der Waals surface area contributed by atoms with Gasteiger partial charge in [0.1, 0.15) is 0 Å². The second kappa shape index (κ2) is 2.86. The highest BCUT2D eigenvalue weighted by atomic mass is 16.2. The normalized spacial score (nSPS) is 18.6. The third-order valence-corrected chi connectivity index (χ3v) is 1.91. The Hall–Kier alpha value is -0.790. The standard InChI is InChI=1S/C8H13NO/c1-3-7(2)8(10)9-5-4-6-9/h3H,4-6H2,1-2H3/b7-3-. The van der Waals surface area contributed by atoms with Gasteiger partial charge in [0.25, 0.3) is 0 Å². The minimum atomic E-state index is 0.203. The maximum Gasteiger partial charge on any atom is 0.249 e. The predicted molar refractivity (Wildman–Crippen MR) is 40.6 cm³/mol. The van der Waals surface area contributed by atoms with Crippen LogP contribution in [0.2, 0.25) is 0 Å². The molecule has 1 saturated heterocycles. The minimum Gasteiger partial charge on any atom is -0.339 e. The highest BCUT2D eigenvalue weighted by Gasteiger charge is 2.20. The first-order valence-corrected chi connectivity index (χ1v) is 3.68. The lowest BCUT2D eigenvalue weighted by Gasteiger charge is -2.31. The highest BCUT2D eigenvalue weighted by Crippen LogP contribution is 2.09. The van der Waals surface area contributed by atoms with Crippen molar-refractivity contribution in [1.29, 1.82) is 0 Å². The molecular formula is C8H13NO. The number of carbonyl (C=O) groups is 1. The van der Waals surface area contributed by atoms with Crippen LogP contribution in [-0.4, -0.2) is 23.9 Å². The maximum absolute atomic E-state index is 11.2. The van der Waals surface area contributed by atoms with E-state index >= 15 is 0 Å². The van der Waals surface area contributed by atoms with Crippen molar-refractivity contribution in [1.82, 2.24) is 4.90 Å². The van der Waals surface area contributed by atoms with Gasteiger partial charge in [-0.25, -0.2) is 0 Å². The molecule has 1 rings (SSSR count). The topological polar surface area (TPSA) is 20.3 Å². The molecule has 0 saturated carbocycles. The molecule has 0 aromatic heterocycles. The Kier molecular flexibility index (Phi) is 2.10. The Morgan fingerprint density at radius 1 is 1.50 bits per heavy atom. The van der Waals surface area contributed by atoms with Gasteiger partial charge < -0.3 is 4.90 Å². The summed E-state index contributed by atoms with van der Waals surface area (Å²) >= 11 is 0. The van der Waals surface area contributed by atoms with Crippen LogP contribution in [0.5, 0.6) is 0 Å². The summed E-state index contributed by atoms with van der Waals surface area (Å²) in [7, 11) is 0. The summed E-state index contributed by atoms with van der Waals surface area (Å²) in [6.45, 7) is 5.65. The first kappa shape index (κ1) is 7.32. The summed E-state index contributed by atoms with van der Waals surface area (Å²) in [6, 6.07) is 0. The number of carbonyl (C=O) groups excluding carboxylic acids is 1. The van der Waals surface area contributed by atoms with E-state index in [4.69, 9.17) is 0 Å². The second-order valence-corrected chi connectivity index (χ2v) is 2.62. The summed E-state index contributed by atoms with van der Waals surface area (Å²) in [5.74, 6) is 0.203. The molecular weight excluding hydrogens is 126 g/mol. The molecule has 0 aliphatic carbocycles. The molecule has 1 heterocycles. The van der Waals surface area contributed by atoms with Gasteiger partial charge >= 0.3 is 0 Å². The van der Waals surface area contributed by atoms with Gasteiger partial charge in [0.2, 0.25) is 5.91 Å². The largest absolute Gasteiger partial charge is 0.339 e. The molecule has 1 amide bonds. The van der Waals surface area contributed by atoms with Crippen LogP contribution < -0.4 is 0 Å². The van der Waals surface area contributed by atoms with E-state index in [2.05, 4.69) is 0 Å². The molecule has 0 unspecified atom stereocenters. The minimum absolute atomic E-state index is 0.203. The summed E-state index contributed by atoms with van der Waals surface area (Å²) in [5, 5.41) is 0. The van der Waals surface area contributed by atoms with E-state index in [0.29, 0.717) is 0 Å². The third-order valence-electron chi connectivity index (χ3n) is 1.91. The SMILES string of the molecule is C/C=C(/C)C(=O)N1CCC1. The molecule has 1 fully saturated rings. The Morgan fingerprint density at radius 3 is 2.40 bits per heavy atom. The molecule has 2 heteroatoms. The van der Waals surface area contributed by atoms with Crippen molar-refractivity contribution in [3.8, 4) is 0 Å². The molecule has 0 N–H and O–H groups in total. The van der Waals surface area contributed by atoms with Gasteiger partial charge in [0.05, 0.1) is 0 Å². The first-order valence-electron chi connectivity index (χ1n) is 3.68. The number of hydrogen-bond acceptors (Lipinski definition) is 1. The average molecular weight is 139 g/mol. The fourth-order valence-corrected chi connectivity index (χ4v) is 0.892. The fraction of sp³-hybridized carbons (Fsp3) is 0.625. The smallest absolute Gasteiger partial charge is 0.249 e. The summed E-state index contributed by atoms with van der Waals surface area (Å²) in [5.41, 5.74) is 0.861. The summed E-state index contributed by atoms with van der Waals surface area (Å²) in [6.07, 6.45) is 3.03. The average Bonchev–Trinajstić information content (AvgIpc) is 1.82. The van der Waals surface area contributed by atoms with Crippen molar-refractivity contribution in [3.05, 3.63) is 11.6 Å². The highest BCUT2D eigenvalue weighted by molar-refractivity contribution is 5.93. The van der Waals surface area contributed by atoms with Gasteiger partial charge in [0.15, 0.2) is 0 Å². The van der Waals surface area contributed by atoms with E-state index in [1.54, 1.807) is 0 Å². The van der Waals surface area contributed by atoms with Crippen LogP contribution in [-0.2, 0) is 4.79 Å². The van der Waals surface area contributed by atoms with E-state index in [0.717, 1.165) is 18.7 Å². The molecule has 0 spiro atoms. The number of nitrogens with zero attached hydrogens (tertiary/aromatic N) is 1. The van der Waals surface area contributed by atoms with Crippen LogP contribution in [0.1, 0.15) is 20.3 Å². The summed E-state index contributed by atoms with van der Waals surface area (Å²) < 4.78 is 0. The molecule has 0 bridgehead atoms.